The maximum atomic E-state index is 13.7. The van der Waals surface area contributed by atoms with Crippen LogP contribution < -0.4 is 53.7 Å². The van der Waals surface area contributed by atoms with Crippen LogP contribution in [0.4, 0.5) is 0 Å². The molecule has 5 N–H and O–H groups in total. The summed E-state index contributed by atoms with van der Waals surface area (Å²) in [7, 11) is 13.7. The van der Waals surface area contributed by atoms with Crippen LogP contribution >= 0.6 is 0 Å². The average Bonchev–Trinajstić information content (AvgIpc) is 3.63. The Bertz CT molecular complexity index is 2910. The van der Waals surface area contributed by atoms with Gasteiger partial charge in [0.15, 0.2) is 0 Å². The first-order chi connectivity index (χ1) is 37.7. The number of hydrogen-bond donors (Lipinski definition) is 4. The third-order valence-corrected chi connectivity index (χ3v) is 13.1. The van der Waals surface area contributed by atoms with E-state index < -0.39 is 17.8 Å². The summed E-state index contributed by atoms with van der Waals surface area (Å²) in [4.78, 5) is 59.9. The summed E-state index contributed by atoms with van der Waals surface area (Å²) < 4.78 is 51.3. The van der Waals surface area contributed by atoms with Gasteiger partial charge in [-0.3, -0.25) is 19.5 Å². The SMILES string of the molecule is COc1cc(OC)c(-c2cc(CN3CCN(Cc4cc(-c5c(OC)cc(OC)cc5OC)cc(C(=O)O)n4)CCN(Cc4cc(-c5c(OC)cc(OC)cc5OC)cc(C(=O)NCCN)n4)CC3)nc(C(=O)O)c2)c(OC)c1.[Dy+3]. The van der Waals surface area contributed by atoms with E-state index in [1.807, 2.05) is 18.2 Å². The smallest absolute Gasteiger partial charge is 0.496 e. The van der Waals surface area contributed by atoms with E-state index in [2.05, 4.69) is 30.0 Å². The second-order valence-corrected chi connectivity index (χ2v) is 17.9. The minimum Gasteiger partial charge on any atom is -0.496 e. The fraction of sp³-hybridized carbons (Fsp3) is 0.357. The summed E-state index contributed by atoms with van der Waals surface area (Å²) in [5.74, 6) is 1.15. The van der Waals surface area contributed by atoms with E-state index in [1.165, 1.54) is 69.0 Å². The number of nitrogens with two attached hydrogens (primary N) is 1. The molecule has 1 aliphatic heterocycles. The van der Waals surface area contributed by atoms with Crippen molar-refractivity contribution < 1.29 is 105 Å². The molecule has 0 unspecified atom stereocenters. The Morgan fingerprint density at radius 3 is 0.949 bits per heavy atom. The molecule has 0 bridgehead atoms. The fourth-order valence-corrected chi connectivity index (χ4v) is 9.27. The molecule has 0 spiro atoms. The number of aromatic carboxylic acids is 2. The van der Waals surface area contributed by atoms with Gasteiger partial charge in [0.1, 0.15) is 68.8 Å². The first-order valence-electron chi connectivity index (χ1n) is 24.8. The molecule has 23 heteroatoms. The quantitative estimate of drug-likeness (QED) is 0.0586. The van der Waals surface area contributed by atoms with Crippen molar-refractivity contribution in [2.24, 2.45) is 5.73 Å². The minimum absolute atomic E-state index is 0. The predicted molar refractivity (Wildman–Crippen MR) is 289 cm³/mol. The number of aromatic nitrogens is 3. The second-order valence-electron chi connectivity index (χ2n) is 17.9. The van der Waals surface area contributed by atoms with Gasteiger partial charge in [-0.2, -0.15) is 0 Å². The maximum Gasteiger partial charge on any atom is 3.00 e. The van der Waals surface area contributed by atoms with Crippen LogP contribution in [-0.2, 0) is 19.6 Å². The van der Waals surface area contributed by atoms with Gasteiger partial charge in [-0.1, -0.05) is 0 Å². The van der Waals surface area contributed by atoms with Crippen LogP contribution in [0, 0.1) is 38.2 Å². The van der Waals surface area contributed by atoms with Crippen molar-refractivity contribution in [1.82, 2.24) is 35.0 Å². The summed E-state index contributed by atoms with van der Waals surface area (Å²) >= 11 is 0. The van der Waals surface area contributed by atoms with E-state index >= 15 is 0 Å². The number of rotatable bonds is 23. The van der Waals surface area contributed by atoms with E-state index in [4.69, 9.17) is 53.3 Å². The molecular weight excluding hydrogens is 1170 g/mol. The van der Waals surface area contributed by atoms with Gasteiger partial charge in [-0.05, 0) is 53.1 Å². The summed E-state index contributed by atoms with van der Waals surface area (Å²) in [6.45, 7) is 4.06. The number of benzene rings is 3. The monoisotopic (exact) mass is 1240 g/mol. The van der Waals surface area contributed by atoms with Crippen molar-refractivity contribution in [2.45, 2.75) is 19.6 Å². The Balaban J connectivity index is 0.0000101. The number of carbonyl (C=O) groups is 3. The normalized spacial score (nSPS) is 13.1. The number of carboxylic acid groups (broad SMARTS) is 2. The van der Waals surface area contributed by atoms with E-state index in [0.29, 0.717) is 141 Å². The summed E-state index contributed by atoms with van der Waals surface area (Å²) in [6, 6.07) is 20.4. The molecule has 79 heavy (non-hydrogen) atoms. The number of pyridine rings is 3. The van der Waals surface area contributed by atoms with Crippen LogP contribution in [0.25, 0.3) is 33.4 Å². The molecule has 3 aromatic carbocycles. The molecule has 4 heterocycles. The van der Waals surface area contributed by atoms with Crippen molar-refractivity contribution in [2.75, 3.05) is 116 Å². The Labute approximate surface area is 489 Å². The standard InChI is InChI=1S/C56H66N8O14.Dy/c1-70-39-24-45(73-4)51(46(25-39)74-5)33-18-36(59-42(21-33)54(65)58-11-10-57)30-62-12-14-63(31-37-19-34(22-43(60-37)55(66)67)52-47(75-6)26-40(71-2)27-48(52)76-7)16-17-64(15-13-62)32-38-20-35(23-44(61-38)56(68)69)53-49(77-8)28-41(72-3)29-50(53)78-9;/h18-29H,10-17,30-32,57H2,1-9H3,(H,58,65)(H,66,67)(H,68,69);/q;+3. The third-order valence-electron chi connectivity index (χ3n) is 13.1. The van der Waals surface area contributed by atoms with Crippen LogP contribution in [0.3, 0.4) is 0 Å². The van der Waals surface area contributed by atoms with Gasteiger partial charge in [0.05, 0.1) is 97.8 Å². The molecule has 1 amide bonds. The number of carboxylic acids is 2. The van der Waals surface area contributed by atoms with Crippen molar-refractivity contribution in [3.05, 3.63) is 107 Å². The molecule has 1 radical (unpaired) electrons. The second kappa shape index (κ2) is 28.6. The molecule has 0 saturated carbocycles. The molecule has 3 aromatic heterocycles. The number of nitrogens with one attached hydrogen (secondary N) is 1. The number of methoxy groups -OCH3 is 9. The van der Waals surface area contributed by atoms with Crippen LogP contribution in [0.15, 0.2) is 72.8 Å². The Kier molecular flexibility index (Phi) is 22.1. The number of amides is 1. The summed E-state index contributed by atoms with van der Waals surface area (Å²) in [5.41, 5.74) is 10.3. The van der Waals surface area contributed by atoms with Crippen LogP contribution in [-0.4, -0.2) is 174 Å². The maximum absolute atomic E-state index is 13.7. The van der Waals surface area contributed by atoms with E-state index in [1.54, 1.807) is 49.6 Å². The third kappa shape index (κ3) is 14.9. The molecule has 421 valence electrons. The van der Waals surface area contributed by atoms with E-state index in [0.717, 1.165) is 0 Å². The van der Waals surface area contributed by atoms with Crippen LogP contribution in [0.5, 0.6) is 51.7 Å². The molecule has 6 aromatic rings. The van der Waals surface area contributed by atoms with Crippen molar-refractivity contribution in [3.63, 3.8) is 0 Å². The topological polar surface area (TPSA) is 261 Å². The molecule has 1 fully saturated rings. The fourth-order valence-electron chi connectivity index (χ4n) is 9.27. The molecule has 1 saturated heterocycles. The van der Waals surface area contributed by atoms with Gasteiger partial charge in [0, 0.05) is 108 Å². The van der Waals surface area contributed by atoms with Crippen molar-refractivity contribution in [3.8, 4) is 85.1 Å². The number of carbonyl (C=O) groups excluding carboxylic acids is 1. The Morgan fingerprint density at radius 2 is 0.709 bits per heavy atom. The number of ether oxygens (including phenoxy) is 9. The van der Waals surface area contributed by atoms with Gasteiger partial charge in [-0.25, -0.2) is 24.5 Å². The van der Waals surface area contributed by atoms with Gasteiger partial charge in [0.2, 0.25) is 0 Å². The van der Waals surface area contributed by atoms with Crippen LogP contribution in [0.2, 0.25) is 0 Å². The zero-order valence-corrected chi connectivity index (χ0v) is 47.6. The molecule has 7 rings (SSSR count). The number of hydrogen-bond acceptors (Lipinski definition) is 19. The zero-order chi connectivity index (χ0) is 56.0. The summed E-state index contributed by atoms with van der Waals surface area (Å²) in [6.07, 6.45) is 0. The Morgan fingerprint density at radius 1 is 0.443 bits per heavy atom. The van der Waals surface area contributed by atoms with Gasteiger partial charge in [0.25, 0.3) is 5.91 Å². The first-order valence-corrected chi connectivity index (χ1v) is 24.8. The van der Waals surface area contributed by atoms with Crippen molar-refractivity contribution in [1.29, 1.82) is 0 Å². The molecule has 1 aliphatic rings. The largest absolute Gasteiger partial charge is 3.00 e. The van der Waals surface area contributed by atoms with E-state index in [9.17, 15) is 24.6 Å². The molecule has 0 atom stereocenters. The van der Waals surface area contributed by atoms with Crippen molar-refractivity contribution >= 4 is 17.8 Å². The minimum atomic E-state index is -1.22. The Hall–Kier alpha value is -7.17. The van der Waals surface area contributed by atoms with E-state index in [-0.39, 0.29) is 88.0 Å². The molecular formula is C56H66DyN8O14+3. The molecule has 22 nitrogen and oxygen atoms in total. The summed E-state index contributed by atoms with van der Waals surface area (Å²) in [5, 5.41) is 23.6. The average molecular weight is 1240 g/mol. The number of nitrogens with zero attached hydrogens (tertiary/aromatic N) is 6. The zero-order valence-electron chi connectivity index (χ0n) is 45.6. The van der Waals surface area contributed by atoms with Gasteiger partial charge in [-0.15, -0.1) is 0 Å². The predicted octanol–water partition coefficient (Wildman–Crippen LogP) is 5.85. The van der Waals surface area contributed by atoms with Gasteiger partial charge >= 0.3 is 50.1 Å². The molecule has 0 aliphatic carbocycles. The van der Waals surface area contributed by atoms with Crippen LogP contribution in [0.1, 0.15) is 48.5 Å². The van der Waals surface area contributed by atoms with Gasteiger partial charge < -0.3 is 63.9 Å². The first kappa shape index (κ1) is 61.1.